The molecule has 6 nitrogen and oxygen atoms in total. The van der Waals surface area contributed by atoms with Gasteiger partial charge in [-0.2, -0.15) is 0 Å². The van der Waals surface area contributed by atoms with Crippen molar-refractivity contribution in [2.45, 2.75) is 45.9 Å². The molecule has 0 fully saturated rings. The highest BCUT2D eigenvalue weighted by Crippen LogP contribution is 2.14. The summed E-state index contributed by atoms with van der Waals surface area (Å²) in [7, 11) is -4.00. The number of amides is 1. The molecule has 0 saturated heterocycles. The van der Waals surface area contributed by atoms with Gasteiger partial charge in [0.05, 0.1) is 0 Å². The molecule has 0 aliphatic heterocycles. The van der Waals surface area contributed by atoms with Crippen molar-refractivity contribution in [2.75, 3.05) is 5.75 Å². The summed E-state index contributed by atoms with van der Waals surface area (Å²) in [5.41, 5.74) is 0. The molecule has 0 aliphatic carbocycles. The molecule has 112 valence electrons. The van der Waals surface area contributed by atoms with Crippen LogP contribution in [0, 0.1) is 11.8 Å². The molecule has 0 rings (SSSR count). The number of carbonyl (C=O) groups excluding carboxylic acids is 1. The highest BCUT2D eigenvalue weighted by Gasteiger charge is 2.36. The molecule has 0 aromatic heterocycles. The van der Waals surface area contributed by atoms with Crippen LogP contribution in [0.2, 0.25) is 0 Å². The fourth-order valence-electron chi connectivity index (χ4n) is 1.59. The van der Waals surface area contributed by atoms with Gasteiger partial charge in [0, 0.05) is 6.04 Å². The van der Waals surface area contributed by atoms with Crippen LogP contribution in [0.15, 0.2) is 0 Å². The monoisotopic (exact) mass is 293 g/mol. The summed E-state index contributed by atoms with van der Waals surface area (Å²) in [6.45, 7) is 8.57. The Morgan fingerprint density at radius 1 is 1.05 bits per heavy atom. The van der Waals surface area contributed by atoms with Crippen molar-refractivity contribution < 1.29 is 23.1 Å². The molecule has 0 aliphatic rings. The minimum absolute atomic E-state index is 0.162. The number of sulfone groups is 1. The van der Waals surface area contributed by atoms with Gasteiger partial charge in [-0.3, -0.25) is 9.59 Å². The zero-order valence-electron chi connectivity index (χ0n) is 12.0. The van der Waals surface area contributed by atoms with Gasteiger partial charge in [0.25, 0.3) is 0 Å². The Bertz CT molecular complexity index is 427. The van der Waals surface area contributed by atoms with Gasteiger partial charge in [0.2, 0.25) is 5.91 Å². The lowest BCUT2D eigenvalue weighted by Crippen LogP contribution is -2.44. The van der Waals surface area contributed by atoms with Crippen LogP contribution in [-0.2, 0) is 19.4 Å². The second-order valence-electron chi connectivity index (χ2n) is 5.41. The first-order valence-corrected chi connectivity index (χ1v) is 7.94. The van der Waals surface area contributed by atoms with Gasteiger partial charge in [0.15, 0.2) is 15.1 Å². The fraction of sp³-hybridized carbons (Fsp3) is 0.833. The quantitative estimate of drug-likeness (QED) is 0.718. The predicted octanol–water partition coefficient (Wildman–Crippen LogP) is 0.671. The molecule has 0 spiro atoms. The van der Waals surface area contributed by atoms with Gasteiger partial charge in [-0.1, -0.05) is 27.7 Å². The maximum atomic E-state index is 11.9. The average molecular weight is 293 g/mol. The molecule has 1 amide bonds. The number of carbonyl (C=O) groups is 2. The molecule has 0 aromatic carbocycles. The van der Waals surface area contributed by atoms with E-state index in [4.69, 9.17) is 5.11 Å². The van der Waals surface area contributed by atoms with E-state index in [9.17, 15) is 18.0 Å². The maximum Gasteiger partial charge on any atom is 0.322 e. The molecular formula is C12H23NO5S. The van der Waals surface area contributed by atoms with Crippen LogP contribution in [0.4, 0.5) is 0 Å². The van der Waals surface area contributed by atoms with Crippen molar-refractivity contribution >= 4 is 21.7 Å². The first kappa shape index (κ1) is 17.9. The van der Waals surface area contributed by atoms with E-state index in [0.29, 0.717) is 0 Å². The summed E-state index contributed by atoms with van der Waals surface area (Å²) in [6.07, 6.45) is 0. The topological polar surface area (TPSA) is 101 Å². The molecule has 2 N–H and O–H groups in total. The summed E-state index contributed by atoms with van der Waals surface area (Å²) in [5, 5.41) is 9.96. The Labute approximate surface area is 114 Å². The first-order chi connectivity index (χ1) is 8.49. The fourth-order valence-corrected chi connectivity index (χ4v) is 3.35. The van der Waals surface area contributed by atoms with E-state index in [2.05, 4.69) is 5.32 Å². The first-order valence-electron chi connectivity index (χ1n) is 6.22. The van der Waals surface area contributed by atoms with Gasteiger partial charge in [-0.25, -0.2) is 8.42 Å². The van der Waals surface area contributed by atoms with Crippen molar-refractivity contribution in [1.29, 1.82) is 0 Å². The Balaban J connectivity index is 4.86. The standard InChI is InChI=1S/C12H23NO5S/c1-7(2)9(5)13-10(14)6-19(17,18)11(8(3)4)12(15)16/h7-9,11H,6H2,1-5H3,(H,13,14)(H,15,16). The number of aliphatic carboxylic acids is 1. The van der Waals surface area contributed by atoms with E-state index >= 15 is 0 Å². The lowest BCUT2D eigenvalue weighted by molar-refractivity contribution is -0.137. The van der Waals surface area contributed by atoms with E-state index < -0.39 is 38.6 Å². The van der Waals surface area contributed by atoms with E-state index in [1.807, 2.05) is 13.8 Å². The Morgan fingerprint density at radius 3 is 1.84 bits per heavy atom. The molecule has 0 heterocycles. The van der Waals surface area contributed by atoms with Gasteiger partial charge in [-0.15, -0.1) is 0 Å². The number of hydrogen-bond donors (Lipinski definition) is 2. The van der Waals surface area contributed by atoms with Crippen LogP contribution >= 0.6 is 0 Å². The average Bonchev–Trinajstić information content (AvgIpc) is 2.12. The van der Waals surface area contributed by atoms with Gasteiger partial charge >= 0.3 is 5.97 Å². The minimum Gasteiger partial charge on any atom is -0.480 e. The van der Waals surface area contributed by atoms with Crippen molar-refractivity contribution in [2.24, 2.45) is 11.8 Å². The van der Waals surface area contributed by atoms with E-state index in [1.165, 1.54) is 13.8 Å². The predicted molar refractivity (Wildman–Crippen MR) is 72.5 cm³/mol. The van der Waals surface area contributed by atoms with Crippen molar-refractivity contribution in [3.63, 3.8) is 0 Å². The van der Waals surface area contributed by atoms with Crippen LogP contribution in [0.25, 0.3) is 0 Å². The lowest BCUT2D eigenvalue weighted by Gasteiger charge is -2.20. The molecule has 19 heavy (non-hydrogen) atoms. The van der Waals surface area contributed by atoms with E-state index in [-0.39, 0.29) is 12.0 Å². The summed E-state index contributed by atoms with van der Waals surface area (Å²) in [5.74, 6) is -3.28. The Morgan fingerprint density at radius 2 is 1.53 bits per heavy atom. The van der Waals surface area contributed by atoms with Crippen LogP contribution < -0.4 is 5.32 Å². The smallest absolute Gasteiger partial charge is 0.322 e. The van der Waals surface area contributed by atoms with Crippen molar-refractivity contribution in [3.8, 4) is 0 Å². The normalized spacial score (nSPS) is 15.3. The van der Waals surface area contributed by atoms with Crippen LogP contribution in [0.5, 0.6) is 0 Å². The SMILES string of the molecule is CC(C)C(C)NC(=O)CS(=O)(=O)C(C(=O)O)C(C)C. The number of carboxylic acids is 1. The van der Waals surface area contributed by atoms with Crippen molar-refractivity contribution in [3.05, 3.63) is 0 Å². The van der Waals surface area contributed by atoms with Crippen LogP contribution in [0.3, 0.4) is 0 Å². The third kappa shape index (κ3) is 5.59. The number of hydrogen-bond acceptors (Lipinski definition) is 4. The molecule has 0 aromatic rings. The molecule has 0 bridgehead atoms. The number of rotatable bonds is 7. The van der Waals surface area contributed by atoms with Crippen molar-refractivity contribution in [1.82, 2.24) is 5.32 Å². The van der Waals surface area contributed by atoms with Crippen LogP contribution in [0.1, 0.15) is 34.6 Å². The molecule has 2 unspecified atom stereocenters. The Kier molecular flexibility index (Phi) is 6.48. The van der Waals surface area contributed by atoms with Crippen LogP contribution in [-0.4, -0.2) is 42.4 Å². The second-order valence-corrected chi connectivity index (χ2v) is 7.53. The maximum absolute atomic E-state index is 11.9. The second kappa shape index (κ2) is 6.88. The zero-order chi connectivity index (χ0) is 15.4. The third-order valence-corrected chi connectivity index (χ3v) is 5.14. The highest BCUT2D eigenvalue weighted by atomic mass is 32.2. The molecule has 0 saturated carbocycles. The number of carboxylic acid groups (broad SMARTS) is 1. The third-order valence-electron chi connectivity index (χ3n) is 2.96. The largest absolute Gasteiger partial charge is 0.480 e. The highest BCUT2D eigenvalue weighted by molar-refractivity contribution is 7.93. The van der Waals surface area contributed by atoms with Gasteiger partial charge in [-0.05, 0) is 18.8 Å². The molecular weight excluding hydrogens is 270 g/mol. The van der Waals surface area contributed by atoms with E-state index in [1.54, 1.807) is 6.92 Å². The molecule has 7 heteroatoms. The minimum atomic E-state index is -4.00. The summed E-state index contributed by atoms with van der Waals surface area (Å²) in [6, 6.07) is -0.162. The molecule has 2 atom stereocenters. The summed E-state index contributed by atoms with van der Waals surface area (Å²) in [4.78, 5) is 22.6. The molecule has 0 radical (unpaired) electrons. The zero-order valence-corrected chi connectivity index (χ0v) is 12.8. The Hall–Kier alpha value is -1.11. The van der Waals surface area contributed by atoms with Gasteiger partial charge in [0.1, 0.15) is 5.75 Å². The number of nitrogens with one attached hydrogen (secondary N) is 1. The summed E-state index contributed by atoms with van der Waals surface area (Å²) >= 11 is 0. The van der Waals surface area contributed by atoms with E-state index in [0.717, 1.165) is 0 Å². The summed E-state index contributed by atoms with van der Waals surface area (Å²) < 4.78 is 23.9. The van der Waals surface area contributed by atoms with Gasteiger partial charge < -0.3 is 10.4 Å². The lowest BCUT2D eigenvalue weighted by atomic mass is 10.1.